The minimum Gasteiger partial charge on any atom is -0.466 e. The van der Waals surface area contributed by atoms with Crippen LogP contribution in [0.15, 0.2) is 24.3 Å². The van der Waals surface area contributed by atoms with Crippen LogP contribution in [0.4, 0.5) is 11.4 Å². The van der Waals surface area contributed by atoms with Crippen LogP contribution in [-0.2, 0) is 14.3 Å². The van der Waals surface area contributed by atoms with Gasteiger partial charge < -0.3 is 14.4 Å². The van der Waals surface area contributed by atoms with Gasteiger partial charge in [0.1, 0.15) is 5.69 Å². The third-order valence-electron chi connectivity index (χ3n) is 4.81. The van der Waals surface area contributed by atoms with Gasteiger partial charge in [0, 0.05) is 25.3 Å². The lowest BCUT2D eigenvalue weighted by Crippen LogP contribution is -2.40. The Bertz CT molecular complexity index is 688. The molecule has 1 aromatic carbocycles. The number of esters is 1. The van der Waals surface area contributed by atoms with Crippen LogP contribution in [0, 0.1) is 10.1 Å². The number of benzene rings is 1. The van der Waals surface area contributed by atoms with E-state index in [0.29, 0.717) is 17.9 Å². The molecule has 1 aromatic rings. The Morgan fingerprint density at radius 1 is 1.40 bits per heavy atom. The number of fused-ring (bicyclic) bond motifs is 1. The number of nitro benzene ring substituents is 1. The van der Waals surface area contributed by atoms with Gasteiger partial charge in [0.25, 0.3) is 5.69 Å². The highest BCUT2D eigenvalue weighted by Gasteiger charge is 2.37. The number of hydrogen-bond acceptors (Lipinski definition) is 6. The van der Waals surface area contributed by atoms with E-state index in [4.69, 9.17) is 4.74 Å². The predicted molar refractivity (Wildman–Crippen MR) is 93.5 cm³/mol. The number of ether oxygens (including phenoxy) is 2. The molecule has 3 rings (SSSR count). The van der Waals surface area contributed by atoms with Crippen LogP contribution in [0.3, 0.4) is 0 Å². The van der Waals surface area contributed by atoms with Crippen molar-refractivity contribution >= 4 is 23.4 Å². The van der Waals surface area contributed by atoms with Crippen molar-refractivity contribution in [1.29, 1.82) is 0 Å². The van der Waals surface area contributed by atoms with Crippen molar-refractivity contribution in [2.45, 2.75) is 37.8 Å². The zero-order chi connectivity index (χ0) is 17.8. The van der Waals surface area contributed by atoms with Gasteiger partial charge in [0.15, 0.2) is 0 Å². The van der Waals surface area contributed by atoms with E-state index in [9.17, 15) is 14.9 Å². The average molecular weight is 346 g/mol. The molecular formula is C18H22N2O5. The molecule has 0 aromatic heterocycles. The molecule has 25 heavy (non-hydrogen) atoms. The second-order valence-electron chi connectivity index (χ2n) is 6.32. The Kier molecular flexibility index (Phi) is 5.33. The van der Waals surface area contributed by atoms with Crippen molar-refractivity contribution in [1.82, 2.24) is 0 Å². The first kappa shape index (κ1) is 17.4. The van der Waals surface area contributed by atoms with Crippen molar-refractivity contribution in [2.24, 2.45) is 0 Å². The van der Waals surface area contributed by atoms with Gasteiger partial charge in [-0.25, -0.2) is 4.79 Å². The Balaban J connectivity index is 1.93. The summed E-state index contributed by atoms with van der Waals surface area (Å²) in [6.45, 7) is 1.45. The molecule has 134 valence electrons. The van der Waals surface area contributed by atoms with Crippen molar-refractivity contribution in [3.8, 4) is 0 Å². The zero-order valence-corrected chi connectivity index (χ0v) is 14.2. The molecular weight excluding hydrogens is 324 g/mol. The van der Waals surface area contributed by atoms with E-state index in [1.165, 1.54) is 25.3 Å². The molecule has 0 radical (unpaired) electrons. The van der Waals surface area contributed by atoms with Crippen LogP contribution < -0.4 is 4.90 Å². The molecule has 7 nitrogen and oxygen atoms in total. The number of methoxy groups -OCH3 is 1. The van der Waals surface area contributed by atoms with Crippen molar-refractivity contribution in [3.63, 3.8) is 0 Å². The standard InChI is InChI=1S/C18H22N2O5/c1-24-18(21)9-7-13-6-8-14(16(12-13)20(22)23)19-10-3-11-25-17-5-2-4-15(17)19/h6-9,12,15,17H,2-5,10-11H2,1H3/b9-7+. The summed E-state index contributed by atoms with van der Waals surface area (Å²) in [5.74, 6) is -0.495. The van der Waals surface area contributed by atoms with Gasteiger partial charge in [-0.05, 0) is 43.4 Å². The first-order valence-electron chi connectivity index (χ1n) is 8.53. The van der Waals surface area contributed by atoms with Crippen molar-refractivity contribution in [2.75, 3.05) is 25.2 Å². The summed E-state index contributed by atoms with van der Waals surface area (Å²) in [6.07, 6.45) is 6.87. The number of rotatable bonds is 4. The normalized spacial score (nSPS) is 23.3. The molecule has 2 fully saturated rings. The largest absolute Gasteiger partial charge is 0.466 e. The first-order chi connectivity index (χ1) is 12.1. The Labute approximate surface area is 146 Å². The molecule has 1 aliphatic heterocycles. The van der Waals surface area contributed by atoms with E-state index in [1.54, 1.807) is 12.1 Å². The van der Waals surface area contributed by atoms with E-state index in [0.717, 1.165) is 32.2 Å². The van der Waals surface area contributed by atoms with Crippen LogP contribution in [0.1, 0.15) is 31.2 Å². The van der Waals surface area contributed by atoms with Crippen molar-refractivity contribution in [3.05, 3.63) is 40.0 Å². The summed E-state index contributed by atoms with van der Waals surface area (Å²) in [5.41, 5.74) is 1.28. The highest BCUT2D eigenvalue weighted by molar-refractivity contribution is 5.87. The molecule has 7 heteroatoms. The Morgan fingerprint density at radius 3 is 3.00 bits per heavy atom. The van der Waals surface area contributed by atoms with E-state index in [2.05, 4.69) is 9.64 Å². The van der Waals surface area contributed by atoms with E-state index in [1.807, 2.05) is 0 Å². The second kappa shape index (κ2) is 7.65. The fourth-order valence-corrected chi connectivity index (χ4v) is 3.66. The van der Waals surface area contributed by atoms with Gasteiger partial charge in [-0.3, -0.25) is 10.1 Å². The number of hydrogen-bond donors (Lipinski definition) is 0. The minimum atomic E-state index is -0.495. The average Bonchev–Trinajstić information content (AvgIpc) is 2.99. The summed E-state index contributed by atoms with van der Waals surface area (Å²) < 4.78 is 10.5. The van der Waals surface area contributed by atoms with Gasteiger partial charge in [0.05, 0.1) is 24.2 Å². The Morgan fingerprint density at radius 2 is 2.24 bits per heavy atom. The van der Waals surface area contributed by atoms with Crippen LogP contribution >= 0.6 is 0 Å². The van der Waals surface area contributed by atoms with Crippen LogP contribution in [0.5, 0.6) is 0 Å². The van der Waals surface area contributed by atoms with Gasteiger partial charge in [0.2, 0.25) is 0 Å². The van der Waals surface area contributed by atoms with Gasteiger partial charge in [-0.15, -0.1) is 0 Å². The topological polar surface area (TPSA) is 81.9 Å². The summed E-state index contributed by atoms with van der Waals surface area (Å²) in [4.78, 5) is 24.6. The minimum absolute atomic E-state index is 0.0552. The van der Waals surface area contributed by atoms with Gasteiger partial charge in [-0.2, -0.15) is 0 Å². The first-order valence-corrected chi connectivity index (χ1v) is 8.53. The molecule has 1 aliphatic carbocycles. The van der Waals surface area contributed by atoms with E-state index < -0.39 is 5.97 Å². The summed E-state index contributed by atoms with van der Waals surface area (Å²) in [5, 5.41) is 11.6. The highest BCUT2D eigenvalue weighted by Crippen LogP contribution is 2.37. The molecule has 0 amide bonds. The maximum atomic E-state index is 11.6. The lowest BCUT2D eigenvalue weighted by atomic mass is 10.1. The molecule has 1 heterocycles. The number of carbonyl (C=O) groups is 1. The fourth-order valence-electron chi connectivity index (χ4n) is 3.66. The number of nitrogens with zero attached hydrogens (tertiary/aromatic N) is 2. The van der Waals surface area contributed by atoms with Crippen molar-refractivity contribution < 1.29 is 19.2 Å². The smallest absolute Gasteiger partial charge is 0.330 e. The Hall–Kier alpha value is -2.41. The van der Waals surface area contributed by atoms with Gasteiger partial charge in [-0.1, -0.05) is 6.07 Å². The molecule has 0 N–H and O–H groups in total. The molecule has 0 spiro atoms. The lowest BCUT2D eigenvalue weighted by molar-refractivity contribution is -0.384. The maximum Gasteiger partial charge on any atom is 0.330 e. The van der Waals surface area contributed by atoms with Crippen LogP contribution in [-0.4, -0.2) is 43.3 Å². The molecule has 1 saturated heterocycles. The summed E-state index contributed by atoms with van der Waals surface area (Å²) >= 11 is 0. The highest BCUT2D eigenvalue weighted by atomic mass is 16.6. The quantitative estimate of drug-likeness (QED) is 0.361. The number of anilines is 1. The molecule has 2 unspecified atom stereocenters. The molecule has 1 saturated carbocycles. The van der Waals surface area contributed by atoms with E-state index in [-0.39, 0.29) is 22.8 Å². The number of carbonyl (C=O) groups excluding carboxylic acids is 1. The van der Waals surface area contributed by atoms with Crippen LogP contribution in [0.2, 0.25) is 0 Å². The number of nitro groups is 1. The fraction of sp³-hybridized carbons (Fsp3) is 0.500. The molecule has 2 aliphatic rings. The predicted octanol–water partition coefficient (Wildman–Crippen LogP) is 2.93. The lowest BCUT2D eigenvalue weighted by Gasteiger charge is -2.31. The maximum absolute atomic E-state index is 11.6. The van der Waals surface area contributed by atoms with Gasteiger partial charge >= 0.3 is 5.97 Å². The SMILES string of the molecule is COC(=O)/C=C/c1ccc(N2CCCOC3CCCC32)c([N+](=O)[O-])c1. The van der Waals surface area contributed by atoms with Crippen LogP contribution in [0.25, 0.3) is 6.08 Å². The van der Waals surface area contributed by atoms with E-state index >= 15 is 0 Å². The zero-order valence-electron chi connectivity index (χ0n) is 14.2. The third kappa shape index (κ3) is 3.82. The third-order valence-corrected chi connectivity index (χ3v) is 4.81. The molecule has 0 bridgehead atoms. The monoisotopic (exact) mass is 346 g/mol. The molecule has 2 atom stereocenters. The summed E-state index contributed by atoms with van der Waals surface area (Å²) in [7, 11) is 1.29. The summed E-state index contributed by atoms with van der Waals surface area (Å²) in [6, 6.07) is 5.26. The second-order valence-corrected chi connectivity index (χ2v) is 6.32.